The van der Waals surface area contributed by atoms with Crippen LogP contribution in [0.3, 0.4) is 0 Å². The van der Waals surface area contributed by atoms with E-state index in [1.54, 1.807) is 23.6 Å². The lowest BCUT2D eigenvalue weighted by atomic mass is 9.58. The second-order valence-electron chi connectivity index (χ2n) is 14.2. The van der Waals surface area contributed by atoms with Gasteiger partial charge in [-0.25, -0.2) is 14.8 Å². The van der Waals surface area contributed by atoms with Crippen LogP contribution in [0.15, 0.2) is 79.5 Å². The molecule has 0 saturated carbocycles. The van der Waals surface area contributed by atoms with Crippen LogP contribution in [0.1, 0.15) is 76.6 Å². The van der Waals surface area contributed by atoms with Crippen LogP contribution in [0.2, 0.25) is 0 Å². The van der Waals surface area contributed by atoms with Crippen LogP contribution in [-0.2, 0) is 26.2 Å². The van der Waals surface area contributed by atoms with E-state index < -0.39 is 34.9 Å². The molecule has 2 unspecified atom stereocenters. The average molecular weight is 683 g/mol. The molecule has 12 nitrogen and oxygen atoms in total. The molecule has 5 rings (SSSR count). The number of hydrogen-bond acceptors (Lipinski definition) is 7. The van der Waals surface area contributed by atoms with E-state index in [1.165, 1.54) is 7.11 Å². The van der Waals surface area contributed by atoms with Crippen LogP contribution in [0, 0.1) is 11.8 Å². The standard InChI is InChI=1S/C38H50N8O4/c1-24(2)32(44-36(49)50-6)34(47)46-20-10-13-31(46)45-22-29(43-23-45)37(5,21-30-41-18-19-42-30)33(38(40,25(3)4)35(39)48)28-16-14-27(15-17-28)26-11-8-7-9-12-26/h7-9,11-12,14-19,22-25,31-33H,10,13,20-21,40H2,1-6H3,(H2,39,48)(H,41,42)(H,44,49)/t31-,32-,33?,37?,38+/m0/s1. The number of imidazole rings is 2. The zero-order chi connectivity index (χ0) is 36.2. The van der Waals surface area contributed by atoms with Crippen LogP contribution in [-0.4, -0.2) is 67.6 Å². The molecule has 266 valence electrons. The average Bonchev–Trinajstić information content (AvgIpc) is 3.90. The van der Waals surface area contributed by atoms with Gasteiger partial charge in [-0.3, -0.25) is 9.59 Å². The van der Waals surface area contributed by atoms with Gasteiger partial charge < -0.3 is 36.0 Å². The summed E-state index contributed by atoms with van der Waals surface area (Å²) in [6, 6.07) is 17.5. The van der Waals surface area contributed by atoms with Gasteiger partial charge in [-0.1, -0.05) is 89.2 Å². The number of hydrogen-bond donors (Lipinski definition) is 4. The number of nitrogens with one attached hydrogen (secondary N) is 2. The van der Waals surface area contributed by atoms with Crippen LogP contribution in [0.4, 0.5) is 4.79 Å². The number of rotatable bonds is 13. The lowest BCUT2D eigenvalue weighted by molar-refractivity contribution is -0.136. The molecule has 3 amide bonds. The SMILES string of the molecule is COC(=O)N[C@H](C(=O)N1CCC[C@H]1n1cnc(C(C)(Cc2ncc[nH]2)C(c2ccc(-c3ccccc3)cc2)[C@@](N)(C(N)=O)C(C)C)c1)C(C)C. The normalized spacial score (nSPS) is 18.3. The van der Waals surface area contributed by atoms with E-state index in [0.29, 0.717) is 30.9 Å². The number of benzene rings is 2. The van der Waals surface area contributed by atoms with Crippen molar-refractivity contribution in [2.75, 3.05) is 13.7 Å². The zero-order valence-corrected chi connectivity index (χ0v) is 29.8. The van der Waals surface area contributed by atoms with E-state index >= 15 is 0 Å². The molecule has 1 aliphatic heterocycles. The van der Waals surface area contributed by atoms with Gasteiger partial charge in [-0.05, 0) is 41.4 Å². The van der Waals surface area contributed by atoms with Gasteiger partial charge in [0.25, 0.3) is 0 Å². The van der Waals surface area contributed by atoms with Gasteiger partial charge in [-0.2, -0.15) is 0 Å². The van der Waals surface area contributed by atoms with Crippen LogP contribution in [0.25, 0.3) is 11.1 Å². The molecular weight excluding hydrogens is 632 g/mol. The van der Waals surface area contributed by atoms with Gasteiger partial charge in [0.2, 0.25) is 11.8 Å². The Morgan fingerprint density at radius 2 is 1.72 bits per heavy atom. The molecule has 2 aromatic heterocycles. The Bertz CT molecular complexity index is 1750. The number of H-pyrrole nitrogens is 1. The maximum atomic E-state index is 13.9. The number of aromatic nitrogens is 4. The monoisotopic (exact) mass is 682 g/mol. The van der Waals surface area contributed by atoms with Crippen molar-refractivity contribution >= 4 is 17.9 Å². The smallest absolute Gasteiger partial charge is 0.407 e. The van der Waals surface area contributed by atoms with Crippen molar-refractivity contribution in [3.63, 3.8) is 0 Å². The maximum absolute atomic E-state index is 13.9. The summed E-state index contributed by atoms with van der Waals surface area (Å²) in [5.74, 6) is -1.23. The summed E-state index contributed by atoms with van der Waals surface area (Å²) >= 11 is 0. The topological polar surface area (TPSA) is 174 Å². The highest BCUT2D eigenvalue weighted by molar-refractivity contribution is 5.87. The van der Waals surface area contributed by atoms with Crippen molar-refractivity contribution in [1.29, 1.82) is 0 Å². The minimum Gasteiger partial charge on any atom is -0.453 e. The minimum atomic E-state index is -1.49. The lowest BCUT2D eigenvalue weighted by Gasteiger charge is -2.47. The van der Waals surface area contributed by atoms with Gasteiger partial charge in [0.1, 0.15) is 23.6 Å². The predicted octanol–water partition coefficient (Wildman–Crippen LogP) is 4.90. The van der Waals surface area contributed by atoms with Crippen molar-refractivity contribution in [3.8, 4) is 11.1 Å². The number of carbonyl (C=O) groups excluding carboxylic acids is 3. The Kier molecular flexibility index (Phi) is 10.8. The fraction of sp³-hybridized carbons (Fsp3) is 0.447. The second-order valence-corrected chi connectivity index (χ2v) is 14.2. The summed E-state index contributed by atoms with van der Waals surface area (Å²) in [5.41, 5.74) is 14.7. The lowest BCUT2D eigenvalue weighted by Crippen LogP contribution is -2.64. The van der Waals surface area contributed by atoms with Crippen LogP contribution < -0.4 is 16.8 Å². The molecule has 3 heterocycles. The van der Waals surface area contributed by atoms with Gasteiger partial charge in [0.05, 0.1) is 19.1 Å². The Balaban J connectivity index is 1.61. The van der Waals surface area contributed by atoms with E-state index in [-0.39, 0.29) is 23.9 Å². The van der Waals surface area contributed by atoms with Crippen molar-refractivity contribution < 1.29 is 19.1 Å². The zero-order valence-electron chi connectivity index (χ0n) is 29.8. The Morgan fingerprint density at radius 1 is 1.04 bits per heavy atom. The molecule has 1 fully saturated rings. The van der Waals surface area contributed by atoms with E-state index in [9.17, 15) is 14.4 Å². The Morgan fingerprint density at radius 3 is 2.30 bits per heavy atom. The number of alkyl carbamates (subject to hydrolysis) is 1. The first kappa shape index (κ1) is 36.3. The Hall–Kier alpha value is -4.97. The number of nitrogens with zero attached hydrogens (tertiary/aromatic N) is 4. The van der Waals surface area contributed by atoms with E-state index in [1.807, 2.05) is 80.9 Å². The molecule has 2 aromatic carbocycles. The summed E-state index contributed by atoms with van der Waals surface area (Å²) in [7, 11) is 1.28. The molecular formula is C38H50N8O4. The van der Waals surface area contributed by atoms with Gasteiger partial charge in [0, 0.05) is 42.9 Å². The van der Waals surface area contributed by atoms with Crippen LogP contribution in [0.5, 0.6) is 0 Å². The van der Waals surface area contributed by atoms with E-state index in [2.05, 4.69) is 34.3 Å². The summed E-state index contributed by atoms with van der Waals surface area (Å²) in [6.45, 7) is 10.2. The molecule has 0 bridgehead atoms. The number of carbonyl (C=O) groups is 3. The number of primary amides is 1. The third-order valence-electron chi connectivity index (χ3n) is 10.4. The molecule has 12 heteroatoms. The first-order valence-corrected chi connectivity index (χ1v) is 17.2. The quantitative estimate of drug-likeness (QED) is 0.155. The molecule has 0 radical (unpaired) electrons. The van der Waals surface area contributed by atoms with Gasteiger partial charge >= 0.3 is 6.09 Å². The van der Waals surface area contributed by atoms with Crippen molar-refractivity contribution in [2.45, 2.75) is 83.0 Å². The van der Waals surface area contributed by atoms with Crippen molar-refractivity contribution in [2.24, 2.45) is 23.3 Å². The predicted molar refractivity (Wildman–Crippen MR) is 192 cm³/mol. The molecule has 50 heavy (non-hydrogen) atoms. The van der Waals surface area contributed by atoms with Crippen molar-refractivity contribution in [3.05, 3.63) is 96.6 Å². The Labute approximate surface area is 294 Å². The maximum Gasteiger partial charge on any atom is 0.407 e. The number of ether oxygens (including phenoxy) is 1. The third-order valence-corrected chi connectivity index (χ3v) is 10.4. The first-order chi connectivity index (χ1) is 23.8. The fourth-order valence-electron chi connectivity index (χ4n) is 7.50. The number of amides is 3. The second kappa shape index (κ2) is 14.9. The number of nitrogens with two attached hydrogens (primary N) is 2. The van der Waals surface area contributed by atoms with Crippen molar-refractivity contribution in [1.82, 2.24) is 29.7 Å². The highest BCUT2D eigenvalue weighted by Gasteiger charge is 2.54. The first-order valence-electron chi connectivity index (χ1n) is 17.2. The third kappa shape index (κ3) is 7.02. The molecule has 4 aromatic rings. The summed E-state index contributed by atoms with van der Waals surface area (Å²) < 4.78 is 6.75. The van der Waals surface area contributed by atoms with Gasteiger partial charge in [0.15, 0.2) is 0 Å². The molecule has 5 atom stereocenters. The summed E-state index contributed by atoms with van der Waals surface area (Å²) in [4.78, 5) is 54.1. The minimum absolute atomic E-state index is 0.158. The van der Waals surface area contributed by atoms with E-state index in [0.717, 1.165) is 23.1 Å². The largest absolute Gasteiger partial charge is 0.453 e. The number of methoxy groups -OCH3 is 1. The highest BCUT2D eigenvalue weighted by atomic mass is 16.5. The van der Waals surface area contributed by atoms with Gasteiger partial charge in [-0.15, -0.1) is 0 Å². The van der Waals surface area contributed by atoms with Crippen LogP contribution >= 0.6 is 0 Å². The fourth-order valence-corrected chi connectivity index (χ4v) is 7.50. The number of aromatic amines is 1. The van der Waals surface area contributed by atoms with E-state index in [4.69, 9.17) is 21.2 Å². The number of likely N-dealkylation sites (tertiary alicyclic amines) is 1. The highest BCUT2D eigenvalue weighted by Crippen LogP contribution is 2.49. The molecule has 0 aliphatic carbocycles. The summed E-state index contributed by atoms with van der Waals surface area (Å²) in [6.07, 6.45) is 8.02. The molecule has 1 aliphatic rings. The molecule has 6 N–H and O–H groups in total. The summed E-state index contributed by atoms with van der Waals surface area (Å²) in [5, 5.41) is 2.71. The molecule has 0 spiro atoms. The molecule has 1 saturated heterocycles.